The minimum absolute atomic E-state index is 0.0793. The summed E-state index contributed by atoms with van der Waals surface area (Å²) < 4.78 is 0. The number of ketones is 1. The summed E-state index contributed by atoms with van der Waals surface area (Å²) in [6.45, 7) is 3.04. The normalized spacial score (nSPS) is 13.6. The first-order valence-corrected chi connectivity index (χ1v) is 5.97. The van der Waals surface area contributed by atoms with Crippen molar-refractivity contribution >= 4 is 17.6 Å². The molecule has 0 aliphatic heterocycles. The number of imidazole rings is 1. The van der Waals surface area contributed by atoms with Gasteiger partial charge in [0.05, 0.1) is 0 Å². The number of aromatic nitrogens is 2. The molecule has 0 aliphatic carbocycles. The standard InChI is InChI=1S/C12H18N4O3/c1-7(5-8(2)17)12(19)16-9(11(13)18)6-10-14-3-4-15-10/h3-4,7,9H,5-6H2,1-2H3,(H2,13,18)(H,14,15)(H,16,19)/t7-,9+/m1/s1. The Labute approximate surface area is 111 Å². The van der Waals surface area contributed by atoms with E-state index in [1.807, 2.05) is 0 Å². The fraction of sp³-hybridized carbons (Fsp3) is 0.500. The maximum absolute atomic E-state index is 11.8. The molecule has 1 aromatic rings. The molecule has 0 fully saturated rings. The van der Waals surface area contributed by atoms with Crippen molar-refractivity contribution in [3.8, 4) is 0 Å². The highest BCUT2D eigenvalue weighted by molar-refractivity contribution is 5.89. The number of H-pyrrole nitrogens is 1. The molecule has 1 rings (SSSR count). The van der Waals surface area contributed by atoms with Crippen molar-refractivity contribution in [3.05, 3.63) is 18.2 Å². The summed E-state index contributed by atoms with van der Waals surface area (Å²) in [5, 5.41) is 2.53. The lowest BCUT2D eigenvalue weighted by Crippen LogP contribution is -2.47. The van der Waals surface area contributed by atoms with E-state index in [0.717, 1.165) is 0 Å². The molecule has 104 valence electrons. The molecule has 0 aliphatic rings. The van der Waals surface area contributed by atoms with E-state index < -0.39 is 17.9 Å². The Hall–Kier alpha value is -2.18. The molecule has 2 amide bonds. The molecule has 0 radical (unpaired) electrons. The Morgan fingerprint density at radius 3 is 2.63 bits per heavy atom. The van der Waals surface area contributed by atoms with E-state index in [0.29, 0.717) is 5.82 Å². The van der Waals surface area contributed by atoms with Gasteiger partial charge in [-0.05, 0) is 6.92 Å². The minimum atomic E-state index is -0.840. The molecule has 0 aromatic carbocycles. The van der Waals surface area contributed by atoms with Crippen LogP contribution in [0.2, 0.25) is 0 Å². The second kappa shape index (κ2) is 6.67. The minimum Gasteiger partial charge on any atom is -0.368 e. The number of Topliss-reactive ketones (excluding diaryl/α,β-unsaturated/α-hetero) is 1. The van der Waals surface area contributed by atoms with Gasteiger partial charge in [0.15, 0.2) is 0 Å². The predicted molar refractivity (Wildman–Crippen MR) is 67.9 cm³/mol. The van der Waals surface area contributed by atoms with Crippen LogP contribution < -0.4 is 11.1 Å². The fourth-order valence-corrected chi connectivity index (χ4v) is 1.66. The Balaban J connectivity index is 2.61. The quantitative estimate of drug-likeness (QED) is 0.618. The third-order valence-corrected chi connectivity index (χ3v) is 2.65. The molecule has 1 aromatic heterocycles. The van der Waals surface area contributed by atoms with Crippen LogP contribution in [0.1, 0.15) is 26.1 Å². The van der Waals surface area contributed by atoms with E-state index in [9.17, 15) is 14.4 Å². The van der Waals surface area contributed by atoms with Gasteiger partial charge in [0.1, 0.15) is 17.6 Å². The zero-order valence-electron chi connectivity index (χ0n) is 11.0. The molecule has 0 spiro atoms. The molecule has 4 N–H and O–H groups in total. The van der Waals surface area contributed by atoms with Gasteiger partial charge in [0.25, 0.3) is 0 Å². The number of hydrogen-bond acceptors (Lipinski definition) is 4. The largest absolute Gasteiger partial charge is 0.368 e. The van der Waals surface area contributed by atoms with E-state index in [2.05, 4.69) is 15.3 Å². The number of nitrogens with two attached hydrogens (primary N) is 1. The molecule has 1 heterocycles. The van der Waals surface area contributed by atoms with Gasteiger partial charge in [-0.15, -0.1) is 0 Å². The third kappa shape index (κ3) is 4.90. The first-order valence-electron chi connectivity index (χ1n) is 5.97. The molecule has 19 heavy (non-hydrogen) atoms. The van der Waals surface area contributed by atoms with Crippen LogP contribution in [0.4, 0.5) is 0 Å². The van der Waals surface area contributed by atoms with Crippen molar-refractivity contribution in [1.82, 2.24) is 15.3 Å². The van der Waals surface area contributed by atoms with Crippen LogP contribution in [0, 0.1) is 5.92 Å². The van der Waals surface area contributed by atoms with E-state index in [1.54, 1.807) is 19.3 Å². The monoisotopic (exact) mass is 266 g/mol. The summed E-state index contributed by atoms with van der Waals surface area (Å²) in [5.41, 5.74) is 5.24. The van der Waals surface area contributed by atoms with Crippen molar-refractivity contribution in [2.45, 2.75) is 32.7 Å². The maximum atomic E-state index is 11.8. The van der Waals surface area contributed by atoms with Gasteiger partial charge in [-0.1, -0.05) is 6.92 Å². The van der Waals surface area contributed by atoms with Crippen LogP contribution in [0.5, 0.6) is 0 Å². The van der Waals surface area contributed by atoms with Gasteiger partial charge < -0.3 is 20.8 Å². The molecular formula is C12H18N4O3. The first-order chi connectivity index (χ1) is 8.90. The first kappa shape index (κ1) is 14.9. The zero-order chi connectivity index (χ0) is 14.4. The SMILES string of the molecule is CC(=O)C[C@@H](C)C(=O)N[C@@H](Cc1ncc[nH]1)C(N)=O. The Morgan fingerprint density at radius 2 is 2.16 bits per heavy atom. The molecule has 7 heteroatoms. The third-order valence-electron chi connectivity index (χ3n) is 2.65. The topological polar surface area (TPSA) is 118 Å². The van der Waals surface area contributed by atoms with Gasteiger partial charge in [-0.2, -0.15) is 0 Å². The lowest BCUT2D eigenvalue weighted by molar-refractivity contribution is -0.131. The van der Waals surface area contributed by atoms with Crippen LogP contribution in [0.3, 0.4) is 0 Å². The van der Waals surface area contributed by atoms with Crippen LogP contribution in [-0.2, 0) is 20.8 Å². The van der Waals surface area contributed by atoms with E-state index in [-0.39, 0.29) is 24.5 Å². The highest BCUT2D eigenvalue weighted by atomic mass is 16.2. The zero-order valence-corrected chi connectivity index (χ0v) is 11.0. The number of carbonyl (C=O) groups is 3. The number of hydrogen-bond donors (Lipinski definition) is 3. The lowest BCUT2D eigenvalue weighted by atomic mass is 10.0. The van der Waals surface area contributed by atoms with Crippen LogP contribution in [0.25, 0.3) is 0 Å². The molecule has 2 atom stereocenters. The Kier molecular flexibility index (Phi) is 5.23. The summed E-state index contributed by atoms with van der Waals surface area (Å²) in [6.07, 6.45) is 3.50. The van der Waals surface area contributed by atoms with Crippen LogP contribution in [0.15, 0.2) is 12.4 Å². The van der Waals surface area contributed by atoms with Gasteiger partial charge >= 0.3 is 0 Å². The molecule has 0 saturated carbocycles. The Bertz CT molecular complexity index is 456. The van der Waals surface area contributed by atoms with Crippen LogP contribution >= 0.6 is 0 Å². The molecular weight excluding hydrogens is 248 g/mol. The van der Waals surface area contributed by atoms with Crippen molar-refractivity contribution in [2.24, 2.45) is 11.7 Å². The van der Waals surface area contributed by atoms with Crippen molar-refractivity contribution in [2.75, 3.05) is 0 Å². The van der Waals surface area contributed by atoms with Crippen LogP contribution in [-0.4, -0.2) is 33.6 Å². The smallest absolute Gasteiger partial charge is 0.240 e. The number of nitrogens with zero attached hydrogens (tertiary/aromatic N) is 1. The fourth-order valence-electron chi connectivity index (χ4n) is 1.66. The molecule has 0 unspecified atom stereocenters. The summed E-state index contributed by atoms with van der Waals surface area (Å²) >= 11 is 0. The summed E-state index contributed by atoms with van der Waals surface area (Å²) in [6, 6.07) is -0.840. The number of nitrogens with one attached hydrogen (secondary N) is 2. The van der Waals surface area contributed by atoms with E-state index in [1.165, 1.54) is 6.92 Å². The highest BCUT2D eigenvalue weighted by Crippen LogP contribution is 2.04. The molecule has 7 nitrogen and oxygen atoms in total. The molecule has 0 bridgehead atoms. The van der Waals surface area contributed by atoms with Crippen molar-refractivity contribution in [1.29, 1.82) is 0 Å². The highest BCUT2D eigenvalue weighted by Gasteiger charge is 2.23. The maximum Gasteiger partial charge on any atom is 0.240 e. The second-order valence-electron chi connectivity index (χ2n) is 4.51. The van der Waals surface area contributed by atoms with Gasteiger partial charge in [-0.25, -0.2) is 4.98 Å². The lowest BCUT2D eigenvalue weighted by Gasteiger charge is -2.17. The van der Waals surface area contributed by atoms with E-state index >= 15 is 0 Å². The summed E-state index contributed by atoms with van der Waals surface area (Å²) in [5.74, 6) is -1.02. The van der Waals surface area contributed by atoms with Crippen molar-refractivity contribution in [3.63, 3.8) is 0 Å². The molecule has 0 saturated heterocycles. The number of carbonyl (C=O) groups excluding carboxylic acids is 3. The van der Waals surface area contributed by atoms with Gasteiger partial charge in [0, 0.05) is 31.2 Å². The Morgan fingerprint density at radius 1 is 1.47 bits per heavy atom. The second-order valence-corrected chi connectivity index (χ2v) is 4.51. The predicted octanol–water partition coefficient (Wildman–Crippen LogP) is -0.462. The van der Waals surface area contributed by atoms with Gasteiger partial charge in [-0.3, -0.25) is 9.59 Å². The van der Waals surface area contributed by atoms with E-state index in [4.69, 9.17) is 5.73 Å². The number of aromatic amines is 1. The number of amides is 2. The average molecular weight is 266 g/mol. The number of primary amides is 1. The summed E-state index contributed by atoms with van der Waals surface area (Å²) in [4.78, 5) is 40.9. The van der Waals surface area contributed by atoms with Gasteiger partial charge in [0.2, 0.25) is 11.8 Å². The van der Waals surface area contributed by atoms with Crippen molar-refractivity contribution < 1.29 is 14.4 Å². The summed E-state index contributed by atoms with van der Waals surface area (Å²) in [7, 11) is 0. The average Bonchev–Trinajstić information content (AvgIpc) is 2.79. The number of rotatable bonds is 7.